The van der Waals surface area contributed by atoms with Gasteiger partial charge in [-0.3, -0.25) is 0 Å². The second-order valence-electron chi connectivity index (χ2n) is 4.50. The molecule has 14 heavy (non-hydrogen) atoms. The van der Waals surface area contributed by atoms with E-state index in [9.17, 15) is 4.79 Å². The molecule has 0 aliphatic heterocycles. The first kappa shape index (κ1) is 11.7. The first-order valence-electron chi connectivity index (χ1n) is 5.95. The lowest BCUT2D eigenvalue weighted by Crippen LogP contribution is -2.40. The monoisotopic (exact) mass is 197 g/mol. The van der Waals surface area contributed by atoms with E-state index < -0.39 is 0 Å². The molecule has 1 rings (SSSR count). The third-order valence-corrected chi connectivity index (χ3v) is 3.53. The van der Waals surface area contributed by atoms with Crippen LogP contribution >= 0.6 is 0 Å². The molecule has 1 aliphatic carbocycles. The summed E-state index contributed by atoms with van der Waals surface area (Å²) in [5, 5.41) is 0. The molecule has 1 fully saturated rings. The van der Waals surface area contributed by atoms with Crippen molar-refractivity contribution in [1.29, 1.82) is 0 Å². The Kier molecular flexibility index (Phi) is 4.59. The number of aldehydes is 1. The molecule has 0 amide bonds. The quantitative estimate of drug-likeness (QED) is 0.631. The molecule has 0 spiro atoms. The van der Waals surface area contributed by atoms with Crippen LogP contribution in [0.2, 0.25) is 0 Å². The third-order valence-electron chi connectivity index (χ3n) is 3.53. The second-order valence-corrected chi connectivity index (χ2v) is 4.50. The number of carbonyl (C=O) groups is 1. The van der Waals surface area contributed by atoms with Gasteiger partial charge in [0, 0.05) is 12.0 Å². The molecular formula is C12H23NO. The van der Waals surface area contributed by atoms with Crippen LogP contribution in [0.25, 0.3) is 0 Å². The Morgan fingerprint density at radius 3 is 2.14 bits per heavy atom. The maximum atomic E-state index is 11.2. The lowest BCUT2D eigenvalue weighted by atomic mass is 9.75. The summed E-state index contributed by atoms with van der Waals surface area (Å²) in [5.41, 5.74) is -0.00965. The lowest BCUT2D eigenvalue weighted by Gasteiger charge is -2.36. The minimum Gasteiger partial charge on any atom is -0.303 e. The number of rotatable bonds is 5. The van der Waals surface area contributed by atoms with Crippen LogP contribution in [0, 0.1) is 5.41 Å². The van der Waals surface area contributed by atoms with Crippen molar-refractivity contribution in [2.45, 2.75) is 46.0 Å². The Balaban J connectivity index is 2.54. The largest absolute Gasteiger partial charge is 0.303 e. The standard InChI is InChI=1S/C12H23NO/c1-3-13(4-2)10-12(11-14)8-6-5-7-9-12/h11H,3-10H2,1-2H3. The molecular weight excluding hydrogens is 174 g/mol. The summed E-state index contributed by atoms with van der Waals surface area (Å²) < 4.78 is 0. The van der Waals surface area contributed by atoms with E-state index >= 15 is 0 Å². The van der Waals surface area contributed by atoms with Crippen molar-refractivity contribution in [3.8, 4) is 0 Å². The van der Waals surface area contributed by atoms with Crippen molar-refractivity contribution >= 4 is 6.29 Å². The van der Waals surface area contributed by atoms with Gasteiger partial charge in [-0.25, -0.2) is 0 Å². The molecule has 0 aromatic rings. The minimum atomic E-state index is -0.00965. The average molecular weight is 197 g/mol. The van der Waals surface area contributed by atoms with Gasteiger partial charge in [0.1, 0.15) is 6.29 Å². The van der Waals surface area contributed by atoms with Crippen LogP contribution < -0.4 is 0 Å². The van der Waals surface area contributed by atoms with E-state index in [-0.39, 0.29) is 5.41 Å². The molecule has 0 saturated heterocycles. The van der Waals surface area contributed by atoms with Gasteiger partial charge in [0.2, 0.25) is 0 Å². The fraction of sp³-hybridized carbons (Fsp3) is 0.917. The summed E-state index contributed by atoms with van der Waals surface area (Å²) in [7, 11) is 0. The SMILES string of the molecule is CCN(CC)CC1(C=O)CCCCC1. The number of hydrogen-bond acceptors (Lipinski definition) is 2. The van der Waals surface area contributed by atoms with E-state index in [4.69, 9.17) is 0 Å². The van der Waals surface area contributed by atoms with Crippen molar-refractivity contribution in [3.05, 3.63) is 0 Å². The smallest absolute Gasteiger partial charge is 0.127 e. The highest BCUT2D eigenvalue weighted by Crippen LogP contribution is 2.35. The van der Waals surface area contributed by atoms with Gasteiger partial charge < -0.3 is 9.69 Å². The van der Waals surface area contributed by atoms with Gasteiger partial charge in [0.25, 0.3) is 0 Å². The van der Waals surface area contributed by atoms with Crippen LogP contribution in [-0.4, -0.2) is 30.8 Å². The normalized spacial score (nSPS) is 21.1. The first-order valence-corrected chi connectivity index (χ1v) is 5.95. The average Bonchev–Trinajstić information content (AvgIpc) is 2.27. The Bertz CT molecular complexity index is 169. The van der Waals surface area contributed by atoms with Gasteiger partial charge in [0.05, 0.1) is 0 Å². The van der Waals surface area contributed by atoms with Gasteiger partial charge >= 0.3 is 0 Å². The lowest BCUT2D eigenvalue weighted by molar-refractivity contribution is -0.119. The van der Waals surface area contributed by atoms with Crippen molar-refractivity contribution in [2.24, 2.45) is 5.41 Å². The fourth-order valence-corrected chi connectivity index (χ4v) is 2.46. The van der Waals surface area contributed by atoms with Gasteiger partial charge in [-0.05, 0) is 25.9 Å². The summed E-state index contributed by atoms with van der Waals surface area (Å²) in [6.07, 6.45) is 7.22. The number of carbonyl (C=O) groups excluding carboxylic acids is 1. The van der Waals surface area contributed by atoms with E-state index in [1.54, 1.807) is 0 Å². The third kappa shape index (κ3) is 2.81. The number of nitrogens with zero attached hydrogens (tertiary/aromatic N) is 1. The molecule has 1 saturated carbocycles. The maximum Gasteiger partial charge on any atom is 0.127 e. The van der Waals surface area contributed by atoms with Gasteiger partial charge in [-0.1, -0.05) is 33.1 Å². The van der Waals surface area contributed by atoms with Crippen LogP contribution in [-0.2, 0) is 4.79 Å². The van der Waals surface area contributed by atoms with Gasteiger partial charge in [-0.15, -0.1) is 0 Å². The van der Waals surface area contributed by atoms with Crippen LogP contribution in [0.4, 0.5) is 0 Å². The highest BCUT2D eigenvalue weighted by atomic mass is 16.1. The Morgan fingerprint density at radius 1 is 1.14 bits per heavy atom. The molecule has 0 bridgehead atoms. The van der Waals surface area contributed by atoms with Crippen molar-refractivity contribution < 1.29 is 4.79 Å². The van der Waals surface area contributed by atoms with Gasteiger partial charge in [0.15, 0.2) is 0 Å². The highest BCUT2D eigenvalue weighted by Gasteiger charge is 2.32. The van der Waals surface area contributed by atoms with Crippen molar-refractivity contribution in [2.75, 3.05) is 19.6 Å². The van der Waals surface area contributed by atoms with Crippen LogP contribution in [0.5, 0.6) is 0 Å². The molecule has 0 aromatic carbocycles. The van der Waals surface area contributed by atoms with E-state index in [1.807, 2.05) is 0 Å². The molecule has 0 N–H and O–H groups in total. The van der Waals surface area contributed by atoms with E-state index in [2.05, 4.69) is 18.7 Å². The minimum absolute atomic E-state index is 0.00965. The van der Waals surface area contributed by atoms with E-state index in [0.717, 1.165) is 32.5 Å². The molecule has 0 aromatic heterocycles. The fourth-order valence-electron chi connectivity index (χ4n) is 2.46. The summed E-state index contributed by atoms with van der Waals surface area (Å²) in [5.74, 6) is 0. The predicted molar refractivity (Wildman–Crippen MR) is 59.4 cm³/mol. The number of hydrogen-bond donors (Lipinski definition) is 0. The Hall–Kier alpha value is -0.370. The molecule has 0 heterocycles. The summed E-state index contributed by atoms with van der Waals surface area (Å²) in [6.45, 7) is 7.44. The Morgan fingerprint density at radius 2 is 1.71 bits per heavy atom. The molecule has 0 radical (unpaired) electrons. The zero-order chi connectivity index (χ0) is 10.4. The van der Waals surface area contributed by atoms with Crippen LogP contribution in [0.3, 0.4) is 0 Å². The van der Waals surface area contributed by atoms with Crippen molar-refractivity contribution in [1.82, 2.24) is 4.90 Å². The van der Waals surface area contributed by atoms with Crippen molar-refractivity contribution in [3.63, 3.8) is 0 Å². The molecule has 0 atom stereocenters. The van der Waals surface area contributed by atoms with E-state index in [1.165, 1.54) is 25.5 Å². The molecule has 82 valence electrons. The maximum absolute atomic E-state index is 11.2. The van der Waals surface area contributed by atoms with E-state index in [0.29, 0.717) is 0 Å². The second kappa shape index (κ2) is 5.50. The zero-order valence-corrected chi connectivity index (χ0v) is 9.59. The Labute approximate surface area is 87.7 Å². The highest BCUT2D eigenvalue weighted by molar-refractivity contribution is 5.60. The zero-order valence-electron chi connectivity index (χ0n) is 9.59. The van der Waals surface area contributed by atoms with Crippen LogP contribution in [0.1, 0.15) is 46.0 Å². The molecule has 1 aliphatic rings. The van der Waals surface area contributed by atoms with Gasteiger partial charge in [-0.2, -0.15) is 0 Å². The molecule has 2 heteroatoms. The molecule has 0 unspecified atom stereocenters. The topological polar surface area (TPSA) is 20.3 Å². The summed E-state index contributed by atoms with van der Waals surface area (Å²) >= 11 is 0. The molecule has 2 nitrogen and oxygen atoms in total. The summed E-state index contributed by atoms with van der Waals surface area (Å²) in [6, 6.07) is 0. The van der Waals surface area contributed by atoms with Crippen LogP contribution in [0.15, 0.2) is 0 Å². The first-order chi connectivity index (χ1) is 6.76. The predicted octanol–water partition coefficient (Wildman–Crippen LogP) is 2.48. The summed E-state index contributed by atoms with van der Waals surface area (Å²) in [4.78, 5) is 13.6.